The first kappa shape index (κ1) is 12.1. The number of fused-ring (bicyclic) bond motifs is 1. The molecular weight excluding hydrogens is 280 g/mol. The Balaban J connectivity index is 1.77. The van der Waals surface area contributed by atoms with Gasteiger partial charge in [-0.3, -0.25) is 0 Å². The first-order chi connectivity index (χ1) is 10.3. The molecule has 0 atom stereocenters. The summed E-state index contributed by atoms with van der Waals surface area (Å²) < 4.78 is 1.29. The summed E-state index contributed by atoms with van der Waals surface area (Å²) in [5.41, 5.74) is 8.46. The normalized spacial score (nSPS) is 11.0. The van der Waals surface area contributed by atoms with Gasteiger partial charge < -0.3 is 10.7 Å². The lowest BCUT2D eigenvalue weighted by molar-refractivity contribution is 1.18. The smallest absolute Gasteiger partial charge is 0.220 e. The number of H-pyrrole nitrogens is 1. The summed E-state index contributed by atoms with van der Waals surface area (Å²) in [6.07, 6.45) is 1.66. The van der Waals surface area contributed by atoms with Crippen LogP contribution in [0.3, 0.4) is 0 Å². The second-order valence-corrected chi connectivity index (χ2v) is 5.82. The number of benzene rings is 1. The van der Waals surface area contributed by atoms with Crippen molar-refractivity contribution in [3.05, 3.63) is 54.7 Å². The second-order valence-electron chi connectivity index (χ2n) is 4.73. The van der Waals surface area contributed by atoms with E-state index < -0.39 is 0 Å². The number of thiophene rings is 1. The molecule has 3 heterocycles. The van der Waals surface area contributed by atoms with Gasteiger partial charge >= 0.3 is 0 Å². The number of aromatic nitrogens is 3. The monoisotopic (exact) mass is 292 g/mol. The predicted octanol–water partition coefficient (Wildman–Crippen LogP) is 3.94. The Morgan fingerprint density at radius 3 is 2.71 bits per heavy atom. The van der Waals surface area contributed by atoms with Crippen LogP contribution < -0.4 is 5.73 Å². The molecule has 0 aliphatic heterocycles. The van der Waals surface area contributed by atoms with Crippen LogP contribution in [0.4, 0.5) is 5.95 Å². The average molecular weight is 292 g/mol. The van der Waals surface area contributed by atoms with Crippen LogP contribution in [0.2, 0.25) is 0 Å². The van der Waals surface area contributed by atoms with Crippen LogP contribution in [-0.4, -0.2) is 15.0 Å². The highest BCUT2D eigenvalue weighted by atomic mass is 32.1. The summed E-state index contributed by atoms with van der Waals surface area (Å²) in [5, 5.41) is 1.26. The Labute approximate surface area is 125 Å². The van der Waals surface area contributed by atoms with E-state index in [0.29, 0.717) is 0 Å². The third-order valence-electron chi connectivity index (χ3n) is 3.33. The van der Waals surface area contributed by atoms with Gasteiger partial charge in [0.15, 0.2) is 0 Å². The van der Waals surface area contributed by atoms with E-state index in [1.807, 2.05) is 12.1 Å². The van der Waals surface area contributed by atoms with E-state index in [2.05, 4.69) is 51.4 Å². The van der Waals surface area contributed by atoms with E-state index >= 15 is 0 Å². The average Bonchev–Trinajstić information content (AvgIpc) is 3.14. The van der Waals surface area contributed by atoms with E-state index in [1.165, 1.54) is 15.0 Å². The molecular formula is C16H12N4S. The molecule has 21 heavy (non-hydrogen) atoms. The number of aromatic amines is 1. The van der Waals surface area contributed by atoms with Gasteiger partial charge in [-0.05, 0) is 35.7 Å². The number of rotatable bonds is 2. The first-order valence-corrected chi connectivity index (χ1v) is 7.38. The van der Waals surface area contributed by atoms with E-state index in [-0.39, 0.29) is 5.95 Å². The molecule has 0 saturated carbocycles. The molecule has 1 aromatic carbocycles. The molecule has 0 radical (unpaired) electrons. The van der Waals surface area contributed by atoms with Crippen LogP contribution in [0.1, 0.15) is 0 Å². The molecule has 102 valence electrons. The SMILES string of the molecule is Nc1nccc(-c2ccc(-c3cc4ccccc4s3)[nH]2)n1. The minimum atomic E-state index is 0.283. The Kier molecular flexibility index (Phi) is 2.72. The number of nitrogen functional groups attached to an aromatic ring is 1. The molecule has 3 aromatic heterocycles. The summed E-state index contributed by atoms with van der Waals surface area (Å²) in [5.74, 6) is 0.283. The van der Waals surface area contributed by atoms with Gasteiger partial charge in [-0.15, -0.1) is 11.3 Å². The van der Waals surface area contributed by atoms with Crippen LogP contribution in [0.25, 0.3) is 32.0 Å². The van der Waals surface area contributed by atoms with Gasteiger partial charge in [-0.2, -0.15) is 0 Å². The van der Waals surface area contributed by atoms with Gasteiger partial charge in [0.2, 0.25) is 5.95 Å². The molecule has 3 N–H and O–H groups in total. The zero-order valence-electron chi connectivity index (χ0n) is 11.1. The molecule has 0 unspecified atom stereocenters. The van der Waals surface area contributed by atoms with E-state index in [0.717, 1.165) is 17.1 Å². The van der Waals surface area contributed by atoms with Crippen LogP contribution in [0.5, 0.6) is 0 Å². The number of nitrogens with two attached hydrogens (primary N) is 1. The molecule has 0 bridgehead atoms. The van der Waals surface area contributed by atoms with Crippen LogP contribution >= 0.6 is 11.3 Å². The highest BCUT2D eigenvalue weighted by molar-refractivity contribution is 7.22. The van der Waals surface area contributed by atoms with Crippen molar-refractivity contribution in [1.82, 2.24) is 15.0 Å². The Morgan fingerprint density at radius 1 is 1.00 bits per heavy atom. The van der Waals surface area contributed by atoms with Crippen molar-refractivity contribution in [1.29, 1.82) is 0 Å². The summed E-state index contributed by atoms with van der Waals surface area (Å²) >= 11 is 1.77. The zero-order valence-corrected chi connectivity index (χ0v) is 11.9. The quantitative estimate of drug-likeness (QED) is 0.588. The predicted molar refractivity (Wildman–Crippen MR) is 87.1 cm³/mol. The minimum absolute atomic E-state index is 0.283. The van der Waals surface area contributed by atoms with Crippen molar-refractivity contribution in [3.63, 3.8) is 0 Å². The molecule has 0 saturated heterocycles. The topological polar surface area (TPSA) is 67.6 Å². The standard InChI is InChI=1S/C16H12N4S/c17-16-18-8-7-12(20-16)11-5-6-13(19-11)15-9-10-3-1-2-4-14(10)21-15/h1-9,19H,(H2,17,18,20). The number of nitrogens with one attached hydrogen (secondary N) is 1. The summed E-state index contributed by atoms with van der Waals surface area (Å²) in [6.45, 7) is 0. The maximum Gasteiger partial charge on any atom is 0.220 e. The summed E-state index contributed by atoms with van der Waals surface area (Å²) in [4.78, 5) is 12.8. The Hall–Kier alpha value is -2.66. The molecule has 5 heteroatoms. The molecule has 0 fully saturated rings. The van der Waals surface area contributed by atoms with E-state index in [4.69, 9.17) is 5.73 Å². The van der Waals surface area contributed by atoms with Crippen molar-refractivity contribution in [2.24, 2.45) is 0 Å². The van der Waals surface area contributed by atoms with Crippen molar-refractivity contribution in [3.8, 4) is 22.0 Å². The van der Waals surface area contributed by atoms with Crippen molar-refractivity contribution in [2.75, 3.05) is 5.73 Å². The van der Waals surface area contributed by atoms with Gasteiger partial charge in [0.05, 0.1) is 22.0 Å². The van der Waals surface area contributed by atoms with Crippen LogP contribution in [0.15, 0.2) is 54.7 Å². The van der Waals surface area contributed by atoms with Gasteiger partial charge in [-0.25, -0.2) is 9.97 Å². The molecule has 4 rings (SSSR count). The zero-order chi connectivity index (χ0) is 14.2. The van der Waals surface area contributed by atoms with E-state index in [1.54, 1.807) is 17.5 Å². The second kappa shape index (κ2) is 4.71. The Bertz CT molecular complexity index is 890. The molecule has 0 amide bonds. The van der Waals surface area contributed by atoms with Crippen molar-refractivity contribution < 1.29 is 0 Å². The highest BCUT2D eigenvalue weighted by Gasteiger charge is 2.08. The highest BCUT2D eigenvalue weighted by Crippen LogP contribution is 2.33. The molecule has 4 nitrogen and oxygen atoms in total. The van der Waals surface area contributed by atoms with Gasteiger partial charge in [0, 0.05) is 10.9 Å². The number of nitrogens with zero attached hydrogens (tertiary/aromatic N) is 2. The molecule has 0 aliphatic carbocycles. The van der Waals surface area contributed by atoms with Crippen LogP contribution in [0, 0.1) is 0 Å². The Morgan fingerprint density at radius 2 is 1.86 bits per heavy atom. The third-order valence-corrected chi connectivity index (χ3v) is 4.48. The molecule has 0 aliphatic rings. The van der Waals surface area contributed by atoms with Gasteiger partial charge in [-0.1, -0.05) is 18.2 Å². The third kappa shape index (κ3) is 2.17. The fraction of sp³-hybridized carbons (Fsp3) is 0. The summed E-state index contributed by atoms with van der Waals surface area (Å²) in [6, 6.07) is 16.5. The fourth-order valence-corrected chi connectivity index (χ4v) is 3.37. The maximum atomic E-state index is 5.63. The summed E-state index contributed by atoms with van der Waals surface area (Å²) in [7, 11) is 0. The minimum Gasteiger partial charge on any atom is -0.368 e. The maximum absolute atomic E-state index is 5.63. The lowest BCUT2D eigenvalue weighted by Gasteiger charge is -1.98. The van der Waals surface area contributed by atoms with E-state index in [9.17, 15) is 0 Å². The van der Waals surface area contributed by atoms with Gasteiger partial charge in [0.25, 0.3) is 0 Å². The van der Waals surface area contributed by atoms with Gasteiger partial charge in [0.1, 0.15) is 0 Å². The largest absolute Gasteiger partial charge is 0.368 e. The lowest BCUT2D eigenvalue weighted by Crippen LogP contribution is -1.95. The fourth-order valence-electron chi connectivity index (χ4n) is 2.33. The number of hydrogen-bond acceptors (Lipinski definition) is 4. The lowest BCUT2D eigenvalue weighted by atomic mass is 10.2. The molecule has 0 spiro atoms. The number of hydrogen-bond donors (Lipinski definition) is 2. The van der Waals surface area contributed by atoms with Crippen molar-refractivity contribution in [2.45, 2.75) is 0 Å². The first-order valence-electron chi connectivity index (χ1n) is 6.56. The van der Waals surface area contributed by atoms with Crippen molar-refractivity contribution >= 4 is 27.4 Å². The number of anilines is 1. The molecule has 4 aromatic rings. The van der Waals surface area contributed by atoms with Crippen LogP contribution in [-0.2, 0) is 0 Å².